The average molecular weight is 653 g/mol. The van der Waals surface area contributed by atoms with E-state index < -0.39 is 33.5 Å². The minimum absolute atomic E-state index is 0.209. The highest BCUT2D eigenvalue weighted by Crippen LogP contribution is 2.40. The lowest BCUT2D eigenvalue weighted by Crippen LogP contribution is -2.22. The smallest absolute Gasteiger partial charge is 0.491 e. The summed E-state index contributed by atoms with van der Waals surface area (Å²) < 4.78 is 75.9. The first-order valence-corrected chi connectivity index (χ1v) is 15.6. The molecule has 0 aliphatic carbocycles. The van der Waals surface area contributed by atoms with Gasteiger partial charge in [0.05, 0.1) is 11.0 Å². The lowest BCUT2D eigenvalue weighted by atomic mass is 9.78. The second-order valence-corrected chi connectivity index (χ2v) is 13.5. The van der Waals surface area contributed by atoms with Crippen LogP contribution in [0.4, 0.5) is 24.5 Å². The highest BCUT2D eigenvalue weighted by Gasteiger charge is 2.33. The van der Waals surface area contributed by atoms with E-state index in [2.05, 4.69) is 21.4 Å². The number of carbonyl (C=O) groups excluding carboxylic acids is 1. The Bertz CT molecular complexity index is 1800. The fourth-order valence-electron chi connectivity index (χ4n) is 4.27. The van der Waals surface area contributed by atoms with E-state index >= 15 is 0 Å². The largest absolute Gasteiger partial charge is 0.573 e. The van der Waals surface area contributed by atoms with E-state index in [0.29, 0.717) is 37.8 Å². The average Bonchev–Trinajstić information content (AvgIpc) is 3.30. The predicted molar refractivity (Wildman–Crippen MR) is 165 cm³/mol. The Labute approximate surface area is 256 Å². The molecule has 1 aromatic heterocycles. The number of carbonyl (C=O) groups is 1. The van der Waals surface area contributed by atoms with Crippen LogP contribution < -0.4 is 19.5 Å². The van der Waals surface area contributed by atoms with E-state index in [-0.39, 0.29) is 11.9 Å². The number of ether oxygens (including phenoxy) is 2. The Kier molecular flexibility index (Phi) is 9.05. The van der Waals surface area contributed by atoms with Crippen LogP contribution in [-0.2, 0) is 15.4 Å². The van der Waals surface area contributed by atoms with Gasteiger partial charge < -0.3 is 14.8 Å². The Morgan fingerprint density at radius 2 is 1.65 bits per heavy atom. The van der Waals surface area contributed by atoms with E-state index in [4.69, 9.17) is 16.3 Å². The van der Waals surface area contributed by atoms with Gasteiger partial charge in [-0.3, -0.25) is 9.52 Å². The Hall–Kier alpha value is -3.74. The number of anilines is 2. The van der Waals surface area contributed by atoms with Gasteiger partial charge in [0.15, 0.2) is 0 Å². The van der Waals surface area contributed by atoms with Crippen LogP contribution in [0.2, 0.25) is 5.02 Å². The summed E-state index contributed by atoms with van der Waals surface area (Å²) in [5.74, 6) is -0.635. The molecule has 2 N–H and O–H groups in total. The number of rotatable bonds is 10. The van der Waals surface area contributed by atoms with E-state index in [1.165, 1.54) is 23.5 Å². The van der Waals surface area contributed by atoms with Crippen molar-refractivity contribution in [1.82, 2.24) is 0 Å². The maximum atomic E-state index is 13.2. The monoisotopic (exact) mass is 652 g/mol. The van der Waals surface area contributed by atoms with Crippen LogP contribution in [0, 0.1) is 0 Å². The lowest BCUT2D eigenvalue weighted by Gasteiger charge is -2.28. The minimum Gasteiger partial charge on any atom is -0.491 e. The number of thiophene rings is 1. The van der Waals surface area contributed by atoms with E-state index in [1.54, 1.807) is 76.2 Å². The second-order valence-electron chi connectivity index (χ2n) is 10.4. The first-order chi connectivity index (χ1) is 19.9. The maximum absolute atomic E-state index is 13.2. The summed E-state index contributed by atoms with van der Waals surface area (Å²) in [7, 11) is -3.69. The van der Waals surface area contributed by atoms with Crippen molar-refractivity contribution in [3.05, 3.63) is 93.7 Å². The molecule has 0 saturated heterocycles. The highest BCUT2D eigenvalue weighted by molar-refractivity contribution is 7.95. The molecule has 13 heteroatoms. The number of halogens is 4. The molecule has 4 rings (SSSR count). The number of benzene rings is 3. The fourth-order valence-corrected chi connectivity index (χ4v) is 5.98. The molecule has 4 aromatic rings. The van der Waals surface area contributed by atoms with Crippen LogP contribution in [0.3, 0.4) is 0 Å². The molecule has 0 radical (unpaired) electrons. The van der Waals surface area contributed by atoms with Gasteiger partial charge in [-0.2, -0.15) is 0 Å². The zero-order valence-electron chi connectivity index (χ0n) is 23.5. The van der Waals surface area contributed by atoms with E-state index in [1.807, 2.05) is 0 Å². The number of sulfonamides is 1. The van der Waals surface area contributed by atoms with Crippen molar-refractivity contribution in [2.24, 2.45) is 0 Å². The molecule has 228 valence electrons. The van der Waals surface area contributed by atoms with Crippen molar-refractivity contribution < 1.29 is 35.9 Å². The van der Waals surface area contributed by atoms with E-state index in [0.717, 1.165) is 10.1 Å². The van der Waals surface area contributed by atoms with Gasteiger partial charge in [0.1, 0.15) is 11.5 Å². The van der Waals surface area contributed by atoms with Gasteiger partial charge in [-0.1, -0.05) is 32.0 Å². The molecule has 0 fully saturated rings. The number of nitrogens with one attached hydrogen (secondary N) is 2. The number of alkyl halides is 3. The number of amides is 1. The molecule has 43 heavy (non-hydrogen) atoms. The molecule has 0 aliphatic rings. The summed E-state index contributed by atoms with van der Waals surface area (Å²) in [5.41, 5.74) is 0.892. The summed E-state index contributed by atoms with van der Waals surface area (Å²) in [6.45, 7) is 10.4. The van der Waals surface area contributed by atoms with Gasteiger partial charge in [-0.05, 0) is 85.0 Å². The van der Waals surface area contributed by atoms with Gasteiger partial charge in [-0.25, -0.2) is 8.42 Å². The normalized spacial score (nSPS) is 12.3. The number of fused-ring (bicyclic) bond motifs is 1. The van der Waals surface area contributed by atoms with Crippen LogP contribution in [-0.4, -0.2) is 26.8 Å². The summed E-state index contributed by atoms with van der Waals surface area (Å²) in [4.78, 5) is 13.6. The van der Waals surface area contributed by atoms with Gasteiger partial charge in [0.2, 0.25) is 0 Å². The molecule has 0 saturated carbocycles. The molecular formula is C30H28ClF3N2O5S2. The Balaban J connectivity index is 1.64. The topological polar surface area (TPSA) is 93.7 Å². The molecule has 7 nitrogen and oxygen atoms in total. The first kappa shape index (κ1) is 32.2. The molecular weight excluding hydrogens is 625 g/mol. The standard InChI is InChI=1S/C30H28ClF3N2O5S2/c1-6-43(38,39)36-22-7-8-26-18(9-22)10-27(42-26)28(37)35-23-12-19(11-21(31)15-23)29(4,5)20-13-24(40-17(2)3)16-25(14-20)41-30(32,33)34/h6-17,36H,1H2,2-5H3,(H,35,37). The predicted octanol–water partition coefficient (Wildman–Crippen LogP) is 8.70. The van der Waals surface area contributed by atoms with Gasteiger partial charge in [0, 0.05) is 38.0 Å². The molecule has 0 unspecified atom stereocenters. The van der Waals surface area contributed by atoms with Crippen molar-refractivity contribution in [2.45, 2.75) is 45.6 Å². The lowest BCUT2D eigenvalue weighted by molar-refractivity contribution is -0.274. The fraction of sp³-hybridized carbons (Fsp3) is 0.233. The van der Waals surface area contributed by atoms with Crippen molar-refractivity contribution in [2.75, 3.05) is 10.0 Å². The zero-order valence-corrected chi connectivity index (χ0v) is 25.9. The van der Waals surface area contributed by atoms with E-state index in [9.17, 15) is 26.4 Å². The van der Waals surface area contributed by atoms with Crippen LogP contribution in [0.1, 0.15) is 48.5 Å². The molecule has 1 amide bonds. The zero-order chi connectivity index (χ0) is 31.7. The third-order valence-electron chi connectivity index (χ3n) is 6.30. The van der Waals surface area contributed by atoms with Crippen LogP contribution >= 0.6 is 22.9 Å². The van der Waals surface area contributed by atoms with Crippen molar-refractivity contribution >= 4 is 60.3 Å². The summed E-state index contributed by atoms with van der Waals surface area (Å²) in [6, 6.07) is 15.6. The van der Waals surface area contributed by atoms with Gasteiger partial charge in [0.25, 0.3) is 15.9 Å². The van der Waals surface area contributed by atoms with Crippen LogP contribution in [0.5, 0.6) is 11.5 Å². The first-order valence-electron chi connectivity index (χ1n) is 12.8. The second kappa shape index (κ2) is 12.1. The SMILES string of the molecule is C=CS(=O)(=O)Nc1ccc2sc(C(=O)Nc3cc(Cl)cc(C(C)(C)c4cc(OC(C)C)cc(OC(F)(F)F)c4)c3)cc2c1. The Morgan fingerprint density at radius 3 is 2.30 bits per heavy atom. The van der Waals surface area contributed by atoms with Crippen LogP contribution in [0.25, 0.3) is 10.1 Å². The summed E-state index contributed by atoms with van der Waals surface area (Å²) >= 11 is 7.65. The van der Waals surface area contributed by atoms with Crippen molar-refractivity contribution in [3.63, 3.8) is 0 Å². The number of hydrogen-bond donors (Lipinski definition) is 2. The molecule has 0 aliphatic heterocycles. The maximum Gasteiger partial charge on any atom is 0.573 e. The highest BCUT2D eigenvalue weighted by atomic mass is 35.5. The summed E-state index contributed by atoms with van der Waals surface area (Å²) in [5, 5.41) is 4.59. The third-order valence-corrected chi connectivity index (χ3v) is 8.60. The number of hydrogen-bond acceptors (Lipinski definition) is 6. The summed E-state index contributed by atoms with van der Waals surface area (Å²) in [6.07, 6.45) is -5.18. The van der Waals surface area contributed by atoms with Crippen LogP contribution in [0.15, 0.2) is 72.7 Å². The molecule has 1 heterocycles. The van der Waals surface area contributed by atoms with Crippen molar-refractivity contribution in [3.8, 4) is 11.5 Å². The molecule has 0 atom stereocenters. The molecule has 0 spiro atoms. The Morgan fingerprint density at radius 1 is 0.977 bits per heavy atom. The quantitative estimate of drug-likeness (QED) is 0.179. The minimum atomic E-state index is -4.89. The third kappa shape index (κ3) is 8.21. The molecule has 0 bridgehead atoms. The van der Waals surface area contributed by atoms with Crippen molar-refractivity contribution in [1.29, 1.82) is 0 Å². The van der Waals surface area contributed by atoms with Gasteiger partial charge in [-0.15, -0.1) is 24.5 Å². The van der Waals surface area contributed by atoms with Gasteiger partial charge >= 0.3 is 6.36 Å². The molecule has 3 aromatic carbocycles.